The van der Waals surface area contributed by atoms with Crippen LogP contribution < -0.4 is 0 Å². The molecule has 74 valence electrons. The van der Waals surface area contributed by atoms with Gasteiger partial charge in [0.05, 0.1) is 12.5 Å². The molecule has 0 N–H and O–H groups in total. The van der Waals surface area contributed by atoms with Gasteiger partial charge in [-0.05, 0) is 31.8 Å². The summed E-state index contributed by atoms with van der Waals surface area (Å²) in [5.41, 5.74) is 0.169. The SMILES string of the molecule is CN1CCC2C(=O)OCCC2(C)C1. The molecule has 3 nitrogen and oxygen atoms in total. The van der Waals surface area contributed by atoms with Crippen LogP contribution in [0.1, 0.15) is 19.8 Å². The zero-order valence-corrected chi connectivity index (χ0v) is 8.38. The highest BCUT2D eigenvalue weighted by molar-refractivity contribution is 5.74. The Kier molecular flexibility index (Phi) is 2.06. The number of carbonyl (C=O) groups excluding carboxylic acids is 1. The van der Waals surface area contributed by atoms with Gasteiger partial charge in [-0.2, -0.15) is 0 Å². The predicted octanol–water partition coefficient (Wildman–Crippen LogP) is 0.891. The van der Waals surface area contributed by atoms with Crippen LogP contribution in [0.2, 0.25) is 0 Å². The van der Waals surface area contributed by atoms with Gasteiger partial charge in [0, 0.05) is 6.54 Å². The molecular weight excluding hydrogens is 166 g/mol. The van der Waals surface area contributed by atoms with Crippen molar-refractivity contribution in [2.24, 2.45) is 11.3 Å². The quantitative estimate of drug-likeness (QED) is 0.522. The number of fused-ring (bicyclic) bond motifs is 1. The molecule has 3 heteroatoms. The first-order chi connectivity index (χ1) is 6.12. The van der Waals surface area contributed by atoms with Gasteiger partial charge in [-0.3, -0.25) is 4.79 Å². The highest BCUT2D eigenvalue weighted by Crippen LogP contribution is 2.41. The van der Waals surface area contributed by atoms with Crippen LogP contribution in [0, 0.1) is 11.3 Å². The minimum absolute atomic E-state index is 0.0295. The summed E-state index contributed by atoms with van der Waals surface area (Å²) in [6.07, 6.45) is 1.99. The summed E-state index contributed by atoms with van der Waals surface area (Å²) >= 11 is 0. The first-order valence-corrected chi connectivity index (χ1v) is 4.97. The zero-order chi connectivity index (χ0) is 9.47. The molecule has 2 saturated heterocycles. The van der Waals surface area contributed by atoms with E-state index in [0.717, 1.165) is 25.9 Å². The van der Waals surface area contributed by atoms with E-state index < -0.39 is 0 Å². The van der Waals surface area contributed by atoms with Crippen LogP contribution in [0.3, 0.4) is 0 Å². The lowest BCUT2D eigenvalue weighted by atomic mass is 9.69. The molecule has 0 bridgehead atoms. The number of hydrogen-bond acceptors (Lipinski definition) is 3. The monoisotopic (exact) mass is 183 g/mol. The van der Waals surface area contributed by atoms with Crippen molar-refractivity contribution in [1.29, 1.82) is 0 Å². The summed E-state index contributed by atoms with van der Waals surface area (Å²) in [4.78, 5) is 13.8. The lowest BCUT2D eigenvalue weighted by Gasteiger charge is -2.46. The van der Waals surface area contributed by atoms with Crippen molar-refractivity contribution in [2.75, 3.05) is 26.7 Å². The minimum Gasteiger partial charge on any atom is -0.465 e. The molecule has 0 radical (unpaired) electrons. The van der Waals surface area contributed by atoms with Gasteiger partial charge < -0.3 is 9.64 Å². The maximum Gasteiger partial charge on any atom is 0.309 e. The molecule has 2 rings (SSSR count). The lowest BCUT2D eigenvalue weighted by Crippen LogP contribution is -2.52. The van der Waals surface area contributed by atoms with E-state index in [-0.39, 0.29) is 17.3 Å². The fourth-order valence-corrected chi connectivity index (χ4v) is 2.64. The number of piperidine rings is 1. The number of rotatable bonds is 0. The van der Waals surface area contributed by atoms with E-state index in [1.165, 1.54) is 0 Å². The summed E-state index contributed by atoms with van der Waals surface area (Å²) in [5.74, 6) is 0.180. The van der Waals surface area contributed by atoms with Crippen LogP contribution in [-0.2, 0) is 9.53 Å². The number of hydrogen-bond donors (Lipinski definition) is 0. The smallest absolute Gasteiger partial charge is 0.309 e. The Morgan fingerprint density at radius 1 is 1.62 bits per heavy atom. The van der Waals surface area contributed by atoms with Crippen molar-refractivity contribution in [1.82, 2.24) is 4.90 Å². The second kappa shape index (κ2) is 2.98. The summed E-state index contributed by atoms with van der Waals surface area (Å²) in [7, 11) is 2.13. The van der Waals surface area contributed by atoms with Crippen molar-refractivity contribution in [2.45, 2.75) is 19.8 Å². The Labute approximate surface area is 79.0 Å². The Balaban J connectivity index is 2.17. The molecule has 2 heterocycles. The molecule has 2 aliphatic heterocycles. The summed E-state index contributed by atoms with van der Waals surface area (Å²) in [6, 6.07) is 0. The lowest BCUT2D eigenvalue weighted by molar-refractivity contribution is -0.167. The van der Waals surface area contributed by atoms with Crippen LogP contribution in [0.25, 0.3) is 0 Å². The fraction of sp³-hybridized carbons (Fsp3) is 0.900. The summed E-state index contributed by atoms with van der Waals surface area (Å²) in [5, 5.41) is 0. The third kappa shape index (κ3) is 1.46. The molecule has 0 amide bonds. The van der Waals surface area contributed by atoms with E-state index in [4.69, 9.17) is 4.74 Å². The van der Waals surface area contributed by atoms with E-state index >= 15 is 0 Å². The third-order valence-corrected chi connectivity index (χ3v) is 3.47. The highest BCUT2D eigenvalue weighted by Gasteiger charge is 2.46. The first-order valence-electron chi connectivity index (χ1n) is 4.97. The van der Waals surface area contributed by atoms with Crippen LogP contribution in [-0.4, -0.2) is 37.6 Å². The predicted molar refractivity (Wildman–Crippen MR) is 49.3 cm³/mol. The second-order valence-corrected chi connectivity index (χ2v) is 4.65. The molecule has 0 aromatic rings. The number of cyclic esters (lactones) is 1. The van der Waals surface area contributed by atoms with Crippen molar-refractivity contribution >= 4 is 5.97 Å². The molecule has 0 aromatic carbocycles. The molecular formula is C10H17NO2. The van der Waals surface area contributed by atoms with Crippen LogP contribution in [0.15, 0.2) is 0 Å². The van der Waals surface area contributed by atoms with E-state index in [1.807, 2.05) is 0 Å². The zero-order valence-electron chi connectivity index (χ0n) is 8.38. The van der Waals surface area contributed by atoms with Gasteiger partial charge in [0.2, 0.25) is 0 Å². The van der Waals surface area contributed by atoms with E-state index in [0.29, 0.717) is 6.61 Å². The molecule has 0 aromatic heterocycles. The Bertz CT molecular complexity index is 229. The highest BCUT2D eigenvalue weighted by atomic mass is 16.5. The fourth-order valence-electron chi connectivity index (χ4n) is 2.64. The van der Waals surface area contributed by atoms with E-state index in [9.17, 15) is 4.79 Å². The molecule has 2 unspecified atom stereocenters. The van der Waals surface area contributed by atoms with Crippen molar-refractivity contribution in [3.05, 3.63) is 0 Å². The van der Waals surface area contributed by atoms with Crippen LogP contribution >= 0.6 is 0 Å². The van der Waals surface area contributed by atoms with Crippen LogP contribution in [0.5, 0.6) is 0 Å². The molecule has 2 aliphatic rings. The maximum atomic E-state index is 11.5. The van der Waals surface area contributed by atoms with Gasteiger partial charge in [0.25, 0.3) is 0 Å². The van der Waals surface area contributed by atoms with E-state index in [1.54, 1.807) is 0 Å². The Morgan fingerprint density at radius 2 is 2.38 bits per heavy atom. The van der Waals surface area contributed by atoms with Gasteiger partial charge in [-0.15, -0.1) is 0 Å². The minimum atomic E-state index is 0.0295. The van der Waals surface area contributed by atoms with Gasteiger partial charge in [0.1, 0.15) is 0 Å². The summed E-state index contributed by atoms with van der Waals surface area (Å²) in [6.45, 7) is 4.88. The van der Waals surface area contributed by atoms with Gasteiger partial charge in [0.15, 0.2) is 0 Å². The topological polar surface area (TPSA) is 29.5 Å². The first kappa shape index (κ1) is 9.00. The van der Waals surface area contributed by atoms with Gasteiger partial charge in [-0.25, -0.2) is 0 Å². The maximum absolute atomic E-state index is 11.5. The van der Waals surface area contributed by atoms with Gasteiger partial charge in [-0.1, -0.05) is 6.92 Å². The largest absolute Gasteiger partial charge is 0.465 e. The number of ether oxygens (including phenoxy) is 1. The molecule has 0 aliphatic carbocycles. The number of carbonyl (C=O) groups is 1. The third-order valence-electron chi connectivity index (χ3n) is 3.47. The molecule has 0 spiro atoms. The number of nitrogens with zero attached hydrogens (tertiary/aromatic N) is 1. The van der Waals surface area contributed by atoms with Crippen molar-refractivity contribution in [3.8, 4) is 0 Å². The van der Waals surface area contributed by atoms with Gasteiger partial charge >= 0.3 is 5.97 Å². The average molecular weight is 183 g/mol. The normalized spacial score (nSPS) is 41.1. The molecule has 2 fully saturated rings. The summed E-state index contributed by atoms with van der Waals surface area (Å²) < 4.78 is 5.09. The van der Waals surface area contributed by atoms with Crippen molar-refractivity contribution in [3.63, 3.8) is 0 Å². The molecule has 2 atom stereocenters. The number of likely N-dealkylation sites (tertiary alicyclic amines) is 1. The van der Waals surface area contributed by atoms with Crippen LogP contribution in [0.4, 0.5) is 0 Å². The molecule has 0 saturated carbocycles. The van der Waals surface area contributed by atoms with E-state index in [2.05, 4.69) is 18.9 Å². The number of esters is 1. The second-order valence-electron chi connectivity index (χ2n) is 4.65. The average Bonchev–Trinajstić information content (AvgIpc) is 2.02. The molecule has 13 heavy (non-hydrogen) atoms. The van der Waals surface area contributed by atoms with Crippen molar-refractivity contribution < 1.29 is 9.53 Å². The Morgan fingerprint density at radius 3 is 3.15 bits per heavy atom. The standard InChI is InChI=1S/C10H17NO2/c1-10-4-6-13-9(12)8(10)3-5-11(2)7-10/h8H,3-7H2,1-2H3. The Hall–Kier alpha value is -0.570.